The molecular weight excluding hydrogens is 276 g/mol. The quantitative estimate of drug-likeness (QED) is 0.552. The van der Waals surface area contributed by atoms with Crippen molar-refractivity contribution in [3.63, 3.8) is 0 Å². The maximum Gasteiger partial charge on any atom is 0.214 e. The molecule has 0 atom stereocenters. The number of sulfonamides is 1. The molecular formula is C13H22N4O2S. The minimum atomic E-state index is -3.35. The summed E-state index contributed by atoms with van der Waals surface area (Å²) in [7, 11) is -3.35. The summed E-state index contributed by atoms with van der Waals surface area (Å²) in [5.74, 6) is 0.0487. The lowest BCUT2D eigenvalue weighted by Crippen LogP contribution is -2.40. The topological polar surface area (TPSA) is 100 Å². The van der Waals surface area contributed by atoms with Crippen LogP contribution in [-0.4, -0.2) is 41.9 Å². The Balaban J connectivity index is 2.70. The van der Waals surface area contributed by atoms with E-state index in [4.69, 9.17) is 11.1 Å². The summed E-state index contributed by atoms with van der Waals surface area (Å²) in [6.45, 7) is 3.90. The number of pyridine rings is 1. The van der Waals surface area contributed by atoms with Crippen molar-refractivity contribution in [3.8, 4) is 0 Å². The van der Waals surface area contributed by atoms with Crippen molar-refractivity contribution in [1.82, 2.24) is 9.29 Å². The molecule has 1 aromatic heterocycles. The Morgan fingerprint density at radius 1 is 1.40 bits per heavy atom. The smallest absolute Gasteiger partial charge is 0.214 e. The molecule has 0 saturated heterocycles. The third kappa shape index (κ3) is 5.26. The van der Waals surface area contributed by atoms with Crippen molar-refractivity contribution in [2.24, 2.45) is 5.73 Å². The second kappa shape index (κ2) is 7.35. The fraction of sp³-hybridized carbons (Fsp3) is 0.538. The van der Waals surface area contributed by atoms with Crippen LogP contribution < -0.4 is 5.73 Å². The van der Waals surface area contributed by atoms with Crippen LogP contribution in [0.3, 0.4) is 0 Å². The number of nitrogens with one attached hydrogen (secondary N) is 1. The highest BCUT2D eigenvalue weighted by molar-refractivity contribution is 7.89. The van der Waals surface area contributed by atoms with Crippen LogP contribution in [0.1, 0.15) is 25.8 Å². The van der Waals surface area contributed by atoms with Gasteiger partial charge in [-0.15, -0.1) is 0 Å². The molecule has 0 radical (unpaired) electrons. The van der Waals surface area contributed by atoms with Crippen molar-refractivity contribution >= 4 is 15.9 Å². The largest absolute Gasteiger partial charge is 0.388 e. The SMILES string of the molecule is CC(C)N(CCC(=N)N)S(=O)(=O)CCc1ccncc1. The number of amidine groups is 1. The van der Waals surface area contributed by atoms with Crippen LogP contribution in [0.2, 0.25) is 0 Å². The van der Waals surface area contributed by atoms with E-state index in [9.17, 15) is 8.42 Å². The van der Waals surface area contributed by atoms with Crippen molar-refractivity contribution in [2.45, 2.75) is 32.7 Å². The lowest BCUT2D eigenvalue weighted by molar-refractivity contribution is 0.361. The molecule has 0 bridgehead atoms. The van der Waals surface area contributed by atoms with Crippen molar-refractivity contribution in [3.05, 3.63) is 30.1 Å². The molecule has 3 N–H and O–H groups in total. The van der Waals surface area contributed by atoms with Gasteiger partial charge < -0.3 is 5.73 Å². The number of hydrogen-bond donors (Lipinski definition) is 2. The van der Waals surface area contributed by atoms with E-state index in [1.54, 1.807) is 12.4 Å². The fourth-order valence-corrected chi connectivity index (χ4v) is 3.60. The van der Waals surface area contributed by atoms with Gasteiger partial charge in [0.15, 0.2) is 0 Å². The van der Waals surface area contributed by atoms with E-state index in [2.05, 4.69) is 4.98 Å². The summed E-state index contributed by atoms with van der Waals surface area (Å²) in [5.41, 5.74) is 6.25. The Kier molecular flexibility index (Phi) is 6.09. The van der Waals surface area contributed by atoms with E-state index in [-0.39, 0.29) is 30.6 Å². The summed E-state index contributed by atoms with van der Waals surface area (Å²) in [4.78, 5) is 3.90. The number of rotatable bonds is 8. The van der Waals surface area contributed by atoms with Crippen molar-refractivity contribution in [2.75, 3.05) is 12.3 Å². The number of nitrogens with zero attached hydrogens (tertiary/aromatic N) is 2. The molecule has 0 aliphatic rings. The minimum Gasteiger partial charge on any atom is -0.388 e. The van der Waals surface area contributed by atoms with Gasteiger partial charge in [0, 0.05) is 31.4 Å². The average molecular weight is 298 g/mol. The summed E-state index contributed by atoms with van der Waals surface area (Å²) in [5, 5.41) is 7.22. The number of nitrogens with two attached hydrogens (primary N) is 1. The Hall–Kier alpha value is -1.47. The minimum absolute atomic E-state index is 0.0000150. The molecule has 0 aromatic carbocycles. The molecule has 0 amide bonds. The van der Waals surface area contributed by atoms with Crippen molar-refractivity contribution in [1.29, 1.82) is 5.41 Å². The van der Waals surface area contributed by atoms with Gasteiger partial charge in [0.25, 0.3) is 0 Å². The van der Waals surface area contributed by atoms with Crippen LogP contribution in [0.15, 0.2) is 24.5 Å². The zero-order valence-electron chi connectivity index (χ0n) is 11.9. The van der Waals surface area contributed by atoms with Crippen LogP contribution in [0, 0.1) is 5.41 Å². The second-order valence-electron chi connectivity index (χ2n) is 4.90. The molecule has 0 spiro atoms. The van der Waals surface area contributed by atoms with Crippen LogP contribution >= 0.6 is 0 Å². The van der Waals surface area contributed by atoms with E-state index in [1.807, 2.05) is 26.0 Å². The van der Waals surface area contributed by atoms with E-state index >= 15 is 0 Å². The zero-order valence-corrected chi connectivity index (χ0v) is 12.7. The molecule has 7 heteroatoms. The zero-order chi connectivity index (χ0) is 15.2. The van der Waals surface area contributed by atoms with Gasteiger partial charge in [-0.25, -0.2) is 8.42 Å². The number of aromatic nitrogens is 1. The third-order valence-electron chi connectivity index (χ3n) is 2.93. The molecule has 1 rings (SSSR count). The molecule has 0 unspecified atom stereocenters. The van der Waals surface area contributed by atoms with Crippen LogP contribution in [0.5, 0.6) is 0 Å². The first kappa shape index (κ1) is 16.6. The molecule has 0 saturated carbocycles. The Bertz CT molecular complexity index is 529. The Morgan fingerprint density at radius 3 is 2.50 bits per heavy atom. The normalized spacial score (nSPS) is 12.0. The molecule has 0 fully saturated rings. The third-order valence-corrected chi connectivity index (χ3v) is 4.97. The molecule has 6 nitrogen and oxygen atoms in total. The summed E-state index contributed by atoms with van der Waals surface area (Å²) >= 11 is 0. The van der Waals surface area contributed by atoms with E-state index < -0.39 is 10.0 Å². The lowest BCUT2D eigenvalue weighted by atomic mass is 10.2. The Morgan fingerprint density at radius 2 is 2.00 bits per heavy atom. The molecule has 20 heavy (non-hydrogen) atoms. The first-order chi connectivity index (χ1) is 9.33. The van der Waals surface area contributed by atoms with Gasteiger partial charge in [-0.2, -0.15) is 4.31 Å². The van der Waals surface area contributed by atoms with Gasteiger partial charge in [-0.05, 0) is 38.0 Å². The Labute approximate surface area is 120 Å². The first-order valence-electron chi connectivity index (χ1n) is 6.54. The van der Waals surface area contributed by atoms with E-state index in [1.165, 1.54) is 4.31 Å². The monoisotopic (exact) mass is 298 g/mol. The molecule has 1 aromatic rings. The highest BCUT2D eigenvalue weighted by Gasteiger charge is 2.24. The molecule has 1 heterocycles. The van der Waals surface area contributed by atoms with Gasteiger partial charge in [0.2, 0.25) is 10.0 Å². The second-order valence-corrected chi connectivity index (χ2v) is 6.94. The molecule has 112 valence electrons. The lowest BCUT2D eigenvalue weighted by Gasteiger charge is -2.25. The summed E-state index contributed by atoms with van der Waals surface area (Å²) < 4.78 is 26.1. The average Bonchev–Trinajstić information content (AvgIpc) is 2.37. The van der Waals surface area contributed by atoms with Gasteiger partial charge in [0.1, 0.15) is 0 Å². The van der Waals surface area contributed by atoms with Gasteiger partial charge >= 0.3 is 0 Å². The maximum absolute atomic E-state index is 12.4. The van der Waals surface area contributed by atoms with Gasteiger partial charge in [-0.3, -0.25) is 10.4 Å². The first-order valence-corrected chi connectivity index (χ1v) is 8.15. The standard InChI is InChI=1S/C13H22N4O2S/c1-11(2)17(9-5-13(14)15)20(18,19)10-6-12-3-7-16-8-4-12/h3-4,7-8,11H,5-6,9-10H2,1-2H3,(H3,14,15). The van der Waals surface area contributed by atoms with Crippen LogP contribution in [0.4, 0.5) is 0 Å². The molecule has 0 aliphatic heterocycles. The summed E-state index contributed by atoms with van der Waals surface area (Å²) in [6.07, 6.45) is 4.01. The predicted molar refractivity (Wildman–Crippen MR) is 80.1 cm³/mol. The van der Waals surface area contributed by atoms with E-state index in [0.717, 1.165) is 5.56 Å². The van der Waals surface area contributed by atoms with Crippen LogP contribution in [0.25, 0.3) is 0 Å². The fourth-order valence-electron chi connectivity index (χ4n) is 1.86. The van der Waals surface area contributed by atoms with Crippen LogP contribution in [-0.2, 0) is 16.4 Å². The van der Waals surface area contributed by atoms with E-state index in [0.29, 0.717) is 6.42 Å². The highest BCUT2D eigenvalue weighted by atomic mass is 32.2. The molecule has 0 aliphatic carbocycles. The van der Waals surface area contributed by atoms with Crippen molar-refractivity contribution < 1.29 is 8.42 Å². The predicted octanol–water partition coefficient (Wildman–Crippen LogP) is 0.990. The van der Waals surface area contributed by atoms with Gasteiger partial charge in [-0.1, -0.05) is 0 Å². The summed E-state index contributed by atoms with van der Waals surface area (Å²) in [6, 6.07) is 3.48. The number of hydrogen-bond acceptors (Lipinski definition) is 4. The van der Waals surface area contributed by atoms with Gasteiger partial charge in [0.05, 0.1) is 11.6 Å². The maximum atomic E-state index is 12.4. The number of aryl methyl sites for hydroxylation is 1. The highest BCUT2D eigenvalue weighted by Crippen LogP contribution is 2.11.